The summed E-state index contributed by atoms with van der Waals surface area (Å²) in [6.07, 6.45) is 1.05. The number of hydrogen-bond acceptors (Lipinski definition) is 4. The lowest BCUT2D eigenvalue weighted by Gasteiger charge is -2.12. The fraction of sp³-hybridized carbons (Fsp3) is 0.500. The molecule has 0 aliphatic carbocycles. The van der Waals surface area contributed by atoms with E-state index in [1.54, 1.807) is 0 Å². The van der Waals surface area contributed by atoms with Crippen LogP contribution in [0.5, 0.6) is 0 Å². The summed E-state index contributed by atoms with van der Waals surface area (Å²) in [5, 5.41) is 17.2. The number of H-pyrrole nitrogens is 1. The summed E-state index contributed by atoms with van der Waals surface area (Å²) in [5.74, 6) is -1.85. The van der Waals surface area contributed by atoms with Gasteiger partial charge >= 0.3 is 5.97 Å². The van der Waals surface area contributed by atoms with Crippen LogP contribution >= 0.6 is 0 Å². The zero-order valence-electron chi connectivity index (χ0n) is 11.1. The predicted octanol–water partition coefficient (Wildman–Crippen LogP) is 0.0976. The molecule has 3 N–H and O–H groups in total. The van der Waals surface area contributed by atoms with Gasteiger partial charge in [0.2, 0.25) is 0 Å². The molecule has 0 bridgehead atoms. The number of carboxylic acids is 1. The van der Waals surface area contributed by atoms with E-state index in [4.69, 9.17) is 5.11 Å². The van der Waals surface area contributed by atoms with Crippen LogP contribution in [0.4, 0.5) is 0 Å². The summed E-state index contributed by atoms with van der Waals surface area (Å²) in [5.41, 5.74) is 0.531. The van der Waals surface area contributed by atoms with E-state index >= 15 is 0 Å². The molecule has 0 saturated heterocycles. The second kappa shape index (κ2) is 6.12. The Morgan fingerprint density at radius 1 is 1.37 bits per heavy atom. The zero-order chi connectivity index (χ0) is 14.6. The van der Waals surface area contributed by atoms with Crippen LogP contribution < -0.4 is 10.9 Å². The summed E-state index contributed by atoms with van der Waals surface area (Å²) in [6, 6.07) is -1.06. The van der Waals surface area contributed by atoms with Crippen molar-refractivity contribution in [1.29, 1.82) is 0 Å². The maximum absolute atomic E-state index is 12.0. The van der Waals surface area contributed by atoms with E-state index in [2.05, 4.69) is 15.5 Å². The van der Waals surface area contributed by atoms with Gasteiger partial charge in [0, 0.05) is 0 Å². The van der Waals surface area contributed by atoms with Crippen molar-refractivity contribution in [3.05, 3.63) is 27.2 Å². The predicted molar refractivity (Wildman–Crippen MR) is 68.2 cm³/mol. The van der Waals surface area contributed by atoms with Crippen molar-refractivity contribution in [3.63, 3.8) is 0 Å². The van der Waals surface area contributed by atoms with Gasteiger partial charge in [0.1, 0.15) is 11.6 Å². The lowest BCUT2D eigenvalue weighted by molar-refractivity contribution is -0.138. The molecule has 7 heteroatoms. The molecule has 1 aromatic rings. The Morgan fingerprint density at radius 3 is 2.47 bits per heavy atom. The molecule has 0 spiro atoms. The number of aryl methyl sites for hydroxylation is 1. The van der Waals surface area contributed by atoms with Crippen LogP contribution in [-0.2, 0) is 17.6 Å². The average molecular weight is 267 g/mol. The van der Waals surface area contributed by atoms with Crippen LogP contribution in [0.25, 0.3) is 0 Å². The van der Waals surface area contributed by atoms with Crippen LogP contribution in [0.15, 0.2) is 4.79 Å². The minimum Gasteiger partial charge on any atom is -0.480 e. The number of rotatable bonds is 5. The zero-order valence-corrected chi connectivity index (χ0v) is 11.1. The van der Waals surface area contributed by atoms with Crippen LogP contribution in [0.2, 0.25) is 0 Å². The molecule has 7 nitrogen and oxygen atoms in total. The minimum absolute atomic E-state index is 0.0533. The Hall–Kier alpha value is -2.18. The minimum atomic E-state index is -1.16. The van der Waals surface area contributed by atoms with Gasteiger partial charge in [0.25, 0.3) is 11.5 Å². The lowest BCUT2D eigenvalue weighted by atomic mass is 10.0. The first-order valence-corrected chi connectivity index (χ1v) is 6.06. The van der Waals surface area contributed by atoms with Crippen molar-refractivity contribution in [3.8, 4) is 0 Å². The van der Waals surface area contributed by atoms with Crippen molar-refractivity contribution < 1.29 is 14.7 Å². The summed E-state index contributed by atoms with van der Waals surface area (Å²) in [6.45, 7) is 5.01. The fourth-order valence-electron chi connectivity index (χ4n) is 1.77. The van der Waals surface area contributed by atoms with Crippen molar-refractivity contribution in [2.24, 2.45) is 0 Å². The highest BCUT2D eigenvalue weighted by molar-refractivity contribution is 5.97. The Bertz CT molecular complexity index is 550. The van der Waals surface area contributed by atoms with Crippen molar-refractivity contribution >= 4 is 11.9 Å². The van der Waals surface area contributed by atoms with E-state index in [0.717, 1.165) is 0 Å². The highest BCUT2D eigenvalue weighted by Gasteiger charge is 2.22. The first-order chi connectivity index (χ1) is 8.92. The highest BCUT2D eigenvalue weighted by Crippen LogP contribution is 2.10. The Labute approximate surface area is 110 Å². The first kappa shape index (κ1) is 14.9. The van der Waals surface area contributed by atoms with Crippen LogP contribution in [0.1, 0.15) is 42.4 Å². The van der Waals surface area contributed by atoms with Gasteiger partial charge < -0.3 is 10.4 Å². The second-order valence-electron chi connectivity index (χ2n) is 4.09. The topological polar surface area (TPSA) is 112 Å². The molecule has 1 atom stereocenters. The van der Waals surface area contributed by atoms with Gasteiger partial charge in [-0.25, -0.2) is 5.10 Å². The Morgan fingerprint density at radius 2 is 2.00 bits per heavy atom. The number of nitrogens with zero attached hydrogens (tertiary/aromatic N) is 1. The molecule has 1 rings (SSSR count). The first-order valence-electron chi connectivity index (χ1n) is 6.06. The van der Waals surface area contributed by atoms with Gasteiger partial charge in [-0.3, -0.25) is 14.4 Å². The standard InChI is InChI=1S/C12H17N3O4/c1-4-7-8(5-2)14-15-11(17)9(7)10(16)13-6(3)12(18)19/h6H,4-5H2,1-3H3,(H,13,16)(H,15,17)(H,18,19)/t6-/m0/s1. The maximum atomic E-state index is 12.0. The molecule has 0 unspecified atom stereocenters. The summed E-state index contributed by atoms with van der Waals surface area (Å²) in [7, 11) is 0. The molecular weight excluding hydrogens is 250 g/mol. The monoisotopic (exact) mass is 267 g/mol. The van der Waals surface area contributed by atoms with E-state index in [1.807, 2.05) is 13.8 Å². The normalized spacial score (nSPS) is 11.9. The third-order valence-electron chi connectivity index (χ3n) is 2.80. The molecule has 0 aromatic carbocycles. The number of carboxylic acid groups (broad SMARTS) is 1. The van der Waals surface area contributed by atoms with E-state index in [0.29, 0.717) is 24.1 Å². The molecule has 1 amide bonds. The lowest BCUT2D eigenvalue weighted by Crippen LogP contribution is -2.41. The van der Waals surface area contributed by atoms with Crippen molar-refractivity contribution in [2.45, 2.75) is 39.7 Å². The number of nitrogens with one attached hydrogen (secondary N) is 2. The van der Waals surface area contributed by atoms with E-state index in [9.17, 15) is 14.4 Å². The summed E-state index contributed by atoms with van der Waals surface area (Å²) >= 11 is 0. The van der Waals surface area contributed by atoms with E-state index in [1.165, 1.54) is 6.92 Å². The number of aliphatic carboxylic acids is 1. The maximum Gasteiger partial charge on any atom is 0.325 e. The van der Waals surface area contributed by atoms with Gasteiger partial charge in [0.05, 0.1) is 5.69 Å². The molecule has 0 fully saturated rings. The highest BCUT2D eigenvalue weighted by atomic mass is 16.4. The molecule has 0 aliphatic rings. The third-order valence-corrected chi connectivity index (χ3v) is 2.80. The average Bonchev–Trinajstić information content (AvgIpc) is 2.37. The quantitative estimate of drug-likeness (QED) is 0.700. The van der Waals surface area contributed by atoms with Gasteiger partial charge in [-0.1, -0.05) is 13.8 Å². The van der Waals surface area contributed by atoms with Gasteiger partial charge in [-0.05, 0) is 25.3 Å². The fourth-order valence-corrected chi connectivity index (χ4v) is 1.77. The molecule has 1 heterocycles. The molecule has 0 aliphatic heterocycles. The van der Waals surface area contributed by atoms with Gasteiger partial charge in [0.15, 0.2) is 0 Å². The molecular formula is C12H17N3O4. The van der Waals surface area contributed by atoms with Gasteiger partial charge in [-0.15, -0.1) is 0 Å². The summed E-state index contributed by atoms with van der Waals surface area (Å²) in [4.78, 5) is 34.5. The second-order valence-corrected chi connectivity index (χ2v) is 4.09. The number of carbonyl (C=O) groups excluding carboxylic acids is 1. The molecule has 19 heavy (non-hydrogen) atoms. The number of hydrogen-bond donors (Lipinski definition) is 3. The number of aromatic amines is 1. The van der Waals surface area contributed by atoms with Crippen molar-refractivity contribution in [2.75, 3.05) is 0 Å². The Balaban J connectivity index is 3.22. The Kier molecular flexibility index (Phi) is 4.80. The molecule has 1 aromatic heterocycles. The van der Waals surface area contributed by atoms with Gasteiger partial charge in [-0.2, -0.15) is 5.10 Å². The van der Waals surface area contributed by atoms with E-state index in [-0.39, 0.29) is 5.56 Å². The van der Waals surface area contributed by atoms with Crippen LogP contribution in [0.3, 0.4) is 0 Å². The third kappa shape index (κ3) is 3.18. The molecule has 0 radical (unpaired) electrons. The number of amides is 1. The summed E-state index contributed by atoms with van der Waals surface area (Å²) < 4.78 is 0. The van der Waals surface area contributed by atoms with E-state index < -0.39 is 23.5 Å². The number of carbonyl (C=O) groups is 2. The number of aromatic nitrogens is 2. The smallest absolute Gasteiger partial charge is 0.325 e. The molecule has 104 valence electrons. The van der Waals surface area contributed by atoms with Crippen molar-refractivity contribution in [1.82, 2.24) is 15.5 Å². The SMILES string of the molecule is CCc1n[nH]c(=O)c(C(=O)N[C@@H](C)C(=O)O)c1CC. The largest absolute Gasteiger partial charge is 0.480 e. The van der Waals surface area contributed by atoms with Crippen LogP contribution in [0, 0.1) is 0 Å². The van der Waals surface area contributed by atoms with Crippen LogP contribution in [-0.4, -0.2) is 33.2 Å². The molecule has 0 saturated carbocycles.